The summed E-state index contributed by atoms with van der Waals surface area (Å²) in [6, 6.07) is 3.78. The van der Waals surface area contributed by atoms with E-state index in [1.165, 1.54) is 18.2 Å². The predicted molar refractivity (Wildman–Crippen MR) is 74.6 cm³/mol. The number of carboxylic acid groups (broad SMARTS) is 1. The highest BCUT2D eigenvalue weighted by Gasteiger charge is 2.40. The third-order valence-electron chi connectivity index (χ3n) is 3.45. The van der Waals surface area contributed by atoms with E-state index in [0.717, 1.165) is 11.0 Å². The number of carbonyl (C=O) groups is 2. The van der Waals surface area contributed by atoms with Crippen molar-refractivity contribution < 1.29 is 27.5 Å². The number of benzene rings is 1. The molecular weight excluding hydrogens is 315 g/mol. The van der Waals surface area contributed by atoms with Crippen molar-refractivity contribution in [2.75, 3.05) is 12.3 Å². The van der Waals surface area contributed by atoms with Crippen LogP contribution in [0.1, 0.15) is 18.0 Å². The van der Waals surface area contributed by atoms with Crippen LogP contribution in [0.3, 0.4) is 0 Å². The number of carboxylic acids is 1. The fourth-order valence-electron chi connectivity index (χ4n) is 2.63. The number of nitrogens with zero attached hydrogens (tertiary/aromatic N) is 1. The average Bonchev–Trinajstić information content (AvgIpc) is 2.70. The molecule has 2 unspecified atom stereocenters. The molecule has 1 amide bonds. The van der Waals surface area contributed by atoms with Crippen molar-refractivity contribution >= 4 is 21.9 Å². The number of carbonyl (C=O) groups excluding carboxylic acids is 1. The van der Waals surface area contributed by atoms with E-state index in [9.17, 15) is 27.5 Å². The largest absolute Gasteiger partial charge is 0.479 e. The Balaban J connectivity index is 2.29. The maximum Gasteiger partial charge on any atom is 0.331 e. The molecule has 1 fully saturated rings. The molecule has 1 saturated heterocycles. The standard InChI is InChI=1S/C13H15FN2O5S/c14-10-4-2-1-3-9(10)12(13(18)19)16-6-8(5-11(16)17)7-22(15,20)21/h1-4,8,12H,5-7H2,(H,18,19)(H2,15,20,21). The van der Waals surface area contributed by atoms with Crippen molar-refractivity contribution in [3.05, 3.63) is 35.6 Å². The second kappa shape index (κ2) is 6.01. The van der Waals surface area contributed by atoms with E-state index >= 15 is 0 Å². The van der Waals surface area contributed by atoms with Gasteiger partial charge in [0.05, 0.1) is 5.75 Å². The van der Waals surface area contributed by atoms with Crippen LogP contribution in [-0.2, 0) is 19.6 Å². The number of aliphatic carboxylic acids is 1. The lowest BCUT2D eigenvalue weighted by atomic mass is 10.0. The van der Waals surface area contributed by atoms with Gasteiger partial charge in [-0.3, -0.25) is 4.79 Å². The lowest BCUT2D eigenvalue weighted by Crippen LogP contribution is -2.36. The number of halogens is 1. The lowest BCUT2D eigenvalue weighted by Gasteiger charge is -2.25. The summed E-state index contributed by atoms with van der Waals surface area (Å²) in [5.74, 6) is -3.67. The monoisotopic (exact) mass is 330 g/mol. The van der Waals surface area contributed by atoms with Crippen LogP contribution < -0.4 is 5.14 Å². The van der Waals surface area contributed by atoms with Crippen LogP contribution in [0.25, 0.3) is 0 Å². The normalized spacial score (nSPS) is 20.2. The van der Waals surface area contributed by atoms with E-state index in [1.807, 2.05) is 0 Å². The number of nitrogens with two attached hydrogens (primary N) is 1. The Morgan fingerprint density at radius 2 is 2.09 bits per heavy atom. The second-order valence-corrected chi connectivity index (χ2v) is 6.87. The quantitative estimate of drug-likeness (QED) is 0.793. The average molecular weight is 330 g/mol. The van der Waals surface area contributed by atoms with Gasteiger partial charge in [0.15, 0.2) is 6.04 Å². The molecule has 7 nitrogen and oxygen atoms in total. The predicted octanol–water partition coefficient (Wildman–Crippen LogP) is 0.0884. The van der Waals surface area contributed by atoms with Crippen LogP contribution in [0.2, 0.25) is 0 Å². The summed E-state index contributed by atoms with van der Waals surface area (Å²) in [7, 11) is -3.77. The van der Waals surface area contributed by atoms with Gasteiger partial charge in [0.2, 0.25) is 15.9 Å². The molecule has 0 saturated carbocycles. The minimum absolute atomic E-state index is 0.0967. The van der Waals surface area contributed by atoms with Gasteiger partial charge in [0.25, 0.3) is 0 Å². The van der Waals surface area contributed by atoms with Crippen molar-refractivity contribution in [3.8, 4) is 0 Å². The molecule has 22 heavy (non-hydrogen) atoms. The Bertz CT molecular complexity index is 706. The summed E-state index contributed by atoms with van der Waals surface area (Å²) in [5, 5.41) is 14.3. The van der Waals surface area contributed by atoms with Gasteiger partial charge in [-0.2, -0.15) is 0 Å². The summed E-state index contributed by atoms with van der Waals surface area (Å²) < 4.78 is 36.0. The van der Waals surface area contributed by atoms with E-state index < -0.39 is 45.4 Å². The zero-order chi connectivity index (χ0) is 16.5. The fourth-order valence-corrected chi connectivity index (χ4v) is 3.51. The molecule has 9 heteroatoms. The smallest absolute Gasteiger partial charge is 0.331 e. The topological polar surface area (TPSA) is 118 Å². The summed E-state index contributed by atoms with van der Waals surface area (Å²) in [6.07, 6.45) is -0.130. The maximum absolute atomic E-state index is 13.8. The number of hydrogen-bond donors (Lipinski definition) is 2. The van der Waals surface area contributed by atoms with Crippen molar-refractivity contribution in [1.29, 1.82) is 0 Å². The van der Waals surface area contributed by atoms with Crippen LogP contribution in [0.5, 0.6) is 0 Å². The SMILES string of the molecule is NS(=O)(=O)CC1CC(=O)N(C(C(=O)O)c2ccccc2F)C1. The van der Waals surface area contributed by atoms with Crippen LogP contribution in [0, 0.1) is 11.7 Å². The number of sulfonamides is 1. The molecular formula is C13H15FN2O5S. The van der Waals surface area contributed by atoms with Gasteiger partial charge >= 0.3 is 5.97 Å². The summed E-state index contributed by atoms with van der Waals surface area (Å²) in [6.45, 7) is -0.0967. The lowest BCUT2D eigenvalue weighted by molar-refractivity contribution is -0.148. The third-order valence-corrected chi connectivity index (χ3v) is 4.39. The van der Waals surface area contributed by atoms with Crippen LogP contribution >= 0.6 is 0 Å². The molecule has 0 spiro atoms. The molecule has 1 aromatic rings. The molecule has 3 N–H and O–H groups in total. The van der Waals surface area contributed by atoms with Crippen molar-refractivity contribution in [1.82, 2.24) is 4.90 Å². The van der Waals surface area contributed by atoms with Gasteiger partial charge < -0.3 is 10.0 Å². The number of rotatable bonds is 5. The zero-order valence-corrected chi connectivity index (χ0v) is 12.3. The van der Waals surface area contributed by atoms with Crippen molar-refractivity contribution in [3.63, 3.8) is 0 Å². The first-order valence-corrected chi connectivity index (χ1v) is 8.18. The fraction of sp³-hybridized carbons (Fsp3) is 0.385. The Morgan fingerprint density at radius 1 is 1.45 bits per heavy atom. The molecule has 2 rings (SSSR count). The van der Waals surface area contributed by atoms with E-state index in [2.05, 4.69) is 0 Å². The Hall–Kier alpha value is -2.00. The highest BCUT2D eigenvalue weighted by atomic mass is 32.2. The maximum atomic E-state index is 13.8. The second-order valence-electron chi connectivity index (χ2n) is 5.21. The zero-order valence-electron chi connectivity index (χ0n) is 11.5. The summed E-state index contributed by atoms with van der Waals surface area (Å²) >= 11 is 0. The van der Waals surface area contributed by atoms with Gasteiger partial charge in [0.1, 0.15) is 5.82 Å². The Labute approximate surface area is 126 Å². The molecule has 1 aliphatic heterocycles. The Kier molecular flexibility index (Phi) is 4.47. The van der Waals surface area contributed by atoms with Crippen molar-refractivity contribution in [2.45, 2.75) is 12.5 Å². The molecule has 2 atom stereocenters. The Morgan fingerprint density at radius 3 is 2.64 bits per heavy atom. The van der Waals surface area contributed by atoms with Gasteiger partial charge in [-0.05, 0) is 6.07 Å². The number of hydrogen-bond acceptors (Lipinski definition) is 4. The molecule has 0 bridgehead atoms. The number of likely N-dealkylation sites (tertiary alicyclic amines) is 1. The molecule has 1 heterocycles. The van der Waals surface area contributed by atoms with E-state index in [4.69, 9.17) is 5.14 Å². The van der Waals surface area contributed by atoms with Crippen molar-refractivity contribution in [2.24, 2.45) is 11.1 Å². The minimum atomic E-state index is -3.77. The van der Waals surface area contributed by atoms with Crippen LogP contribution in [0.15, 0.2) is 24.3 Å². The molecule has 1 aliphatic rings. The highest BCUT2D eigenvalue weighted by molar-refractivity contribution is 7.89. The summed E-state index contributed by atoms with van der Waals surface area (Å²) in [4.78, 5) is 24.5. The highest BCUT2D eigenvalue weighted by Crippen LogP contribution is 2.30. The van der Waals surface area contributed by atoms with Gasteiger partial charge in [-0.25, -0.2) is 22.7 Å². The van der Waals surface area contributed by atoms with Gasteiger partial charge in [-0.1, -0.05) is 18.2 Å². The molecule has 0 aromatic heterocycles. The van der Waals surface area contributed by atoms with Gasteiger partial charge in [0, 0.05) is 24.4 Å². The van der Waals surface area contributed by atoms with Crippen LogP contribution in [-0.4, -0.2) is 42.6 Å². The summed E-state index contributed by atoms with van der Waals surface area (Å²) in [5.41, 5.74) is -0.139. The first-order chi connectivity index (χ1) is 10.2. The molecule has 0 aliphatic carbocycles. The molecule has 1 aromatic carbocycles. The van der Waals surface area contributed by atoms with E-state index in [-0.39, 0.29) is 18.5 Å². The van der Waals surface area contributed by atoms with E-state index in [0.29, 0.717) is 0 Å². The third kappa shape index (κ3) is 3.60. The van der Waals surface area contributed by atoms with Gasteiger partial charge in [-0.15, -0.1) is 0 Å². The minimum Gasteiger partial charge on any atom is -0.479 e. The first kappa shape index (κ1) is 16.4. The van der Waals surface area contributed by atoms with E-state index in [1.54, 1.807) is 0 Å². The molecule has 120 valence electrons. The molecule has 0 radical (unpaired) electrons. The number of amides is 1. The number of primary sulfonamides is 1. The van der Waals surface area contributed by atoms with Crippen LogP contribution in [0.4, 0.5) is 4.39 Å². The first-order valence-electron chi connectivity index (χ1n) is 6.46.